The highest BCUT2D eigenvalue weighted by Crippen LogP contribution is 2.66. The van der Waals surface area contributed by atoms with Crippen LogP contribution in [0.1, 0.15) is 92.4 Å². The molecule has 174 valence electrons. The molecule has 0 aromatic carbocycles. The molecule has 1 saturated carbocycles. The van der Waals surface area contributed by atoms with Crippen LogP contribution in [0.4, 0.5) is 0 Å². The summed E-state index contributed by atoms with van der Waals surface area (Å²) in [7, 11) is 3.72. The fraction of sp³-hybridized carbons (Fsp3) is 0.821. The first-order chi connectivity index (χ1) is 14.4. The highest BCUT2D eigenvalue weighted by atomic mass is 16.3. The van der Waals surface area contributed by atoms with Crippen LogP contribution in [0, 0.1) is 34.0 Å². The largest absolute Gasteiger partial charge is 0.393 e. The van der Waals surface area contributed by atoms with Gasteiger partial charge in [0, 0.05) is 20.5 Å². The van der Waals surface area contributed by atoms with Crippen molar-refractivity contribution in [3.05, 3.63) is 22.8 Å². The maximum Gasteiger partial charge on any atom is 0.222 e. The van der Waals surface area contributed by atoms with Crippen molar-refractivity contribution < 1.29 is 9.90 Å². The molecule has 0 aliphatic heterocycles. The minimum absolute atomic E-state index is 0.00631. The van der Waals surface area contributed by atoms with E-state index in [1.54, 1.807) is 21.6 Å². The Hall–Kier alpha value is -1.09. The molecule has 3 nitrogen and oxygen atoms in total. The van der Waals surface area contributed by atoms with Crippen molar-refractivity contribution >= 4 is 5.91 Å². The van der Waals surface area contributed by atoms with Gasteiger partial charge in [-0.3, -0.25) is 4.79 Å². The van der Waals surface area contributed by atoms with E-state index in [4.69, 9.17) is 0 Å². The molecule has 1 amide bonds. The van der Waals surface area contributed by atoms with Gasteiger partial charge in [-0.05, 0) is 96.5 Å². The molecule has 0 radical (unpaired) electrons. The van der Waals surface area contributed by atoms with Gasteiger partial charge in [0.05, 0.1) is 6.10 Å². The summed E-state index contributed by atoms with van der Waals surface area (Å²) in [6.07, 6.45) is 12.2. The number of carbonyl (C=O) groups is 1. The summed E-state index contributed by atoms with van der Waals surface area (Å²) in [6, 6.07) is 0. The van der Waals surface area contributed by atoms with E-state index in [0.29, 0.717) is 24.2 Å². The molecule has 0 bridgehead atoms. The van der Waals surface area contributed by atoms with Crippen LogP contribution >= 0.6 is 0 Å². The summed E-state index contributed by atoms with van der Waals surface area (Å²) in [5, 5.41) is 10.7. The zero-order valence-corrected chi connectivity index (χ0v) is 21.1. The highest BCUT2D eigenvalue weighted by Gasteiger charge is 2.57. The molecule has 1 fully saturated rings. The van der Waals surface area contributed by atoms with Crippen LogP contribution < -0.4 is 0 Å². The molecule has 4 aliphatic rings. The fourth-order valence-corrected chi connectivity index (χ4v) is 8.35. The van der Waals surface area contributed by atoms with E-state index < -0.39 is 0 Å². The monoisotopic (exact) mass is 427 g/mol. The molecular formula is C28H45NO2. The molecule has 4 rings (SSSR count). The van der Waals surface area contributed by atoms with Crippen molar-refractivity contribution in [2.45, 2.75) is 98.5 Å². The Morgan fingerprint density at radius 2 is 1.84 bits per heavy atom. The van der Waals surface area contributed by atoms with Crippen LogP contribution in [0.25, 0.3) is 0 Å². The summed E-state index contributed by atoms with van der Waals surface area (Å²) >= 11 is 0. The summed E-state index contributed by atoms with van der Waals surface area (Å²) in [5.41, 5.74) is 5.62. The number of aliphatic hydroxyl groups is 1. The lowest BCUT2D eigenvalue weighted by Gasteiger charge is -2.59. The van der Waals surface area contributed by atoms with Crippen LogP contribution in [0.3, 0.4) is 0 Å². The Balaban J connectivity index is 1.58. The molecule has 6 atom stereocenters. The summed E-state index contributed by atoms with van der Waals surface area (Å²) in [4.78, 5) is 13.9. The summed E-state index contributed by atoms with van der Waals surface area (Å²) < 4.78 is 0. The molecule has 1 N–H and O–H groups in total. The van der Waals surface area contributed by atoms with Gasteiger partial charge >= 0.3 is 0 Å². The number of allylic oxidation sites excluding steroid dienone is 4. The van der Waals surface area contributed by atoms with E-state index in [1.165, 1.54) is 32.1 Å². The van der Waals surface area contributed by atoms with E-state index in [2.05, 4.69) is 40.7 Å². The number of nitrogens with zero attached hydrogens (tertiary/aromatic N) is 1. The van der Waals surface area contributed by atoms with Crippen molar-refractivity contribution in [3.8, 4) is 0 Å². The second-order valence-electron chi connectivity index (χ2n) is 12.5. The van der Waals surface area contributed by atoms with Gasteiger partial charge in [-0.1, -0.05) is 46.3 Å². The lowest BCUT2D eigenvalue weighted by Crippen LogP contribution is -2.53. The topological polar surface area (TPSA) is 40.5 Å². The third-order valence-corrected chi connectivity index (χ3v) is 10.4. The number of aliphatic hydroxyl groups excluding tert-OH is 1. The molecule has 31 heavy (non-hydrogen) atoms. The number of carbonyl (C=O) groups excluding carboxylic acids is 1. The van der Waals surface area contributed by atoms with Crippen molar-refractivity contribution in [3.63, 3.8) is 0 Å². The smallest absolute Gasteiger partial charge is 0.222 e. The molecule has 4 aliphatic carbocycles. The Morgan fingerprint density at radius 3 is 2.52 bits per heavy atom. The Bertz CT molecular complexity index is 806. The summed E-state index contributed by atoms with van der Waals surface area (Å²) in [6.45, 7) is 12.0. The molecule has 3 heteroatoms. The molecule has 0 spiro atoms. The van der Waals surface area contributed by atoms with Crippen molar-refractivity contribution in [2.75, 3.05) is 14.1 Å². The SMILES string of the molecule is C[C@H](CCC(=O)N(C)C)[C@H]1CC=C2C3=C(CC[C@@]21C)[C@@]1(C)CC[C@H](O)C(C)(C)[C@@H]1CC3. The third-order valence-electron chi connectivity index (χ3n) is 10.4. The van der Waals surface area contributed by atoms with Crippen molar-refractivity contribution in [1.82, 2.24) is 4.90 Å². The van der Waals surface area contributed by atoms with Crippen LogP contribution in [0.5, 0.6) is 0 Å². The third kappa shape index (κ3) is 3.45. The maximum absolute atomic E-state index is 12.1. The lowest BCUT2D eigenvalue weighted by atomic mass is 9.46. The standard InChI is InChI=1S/C28H45NO2/c1-18(8-13-25(31)29(6)7)20-10-11-21-19-9-12-23-26(2,3)24(30)15-17-28(23,5)22(19)14-16-27(20,21)4/h11,18,20,23-24,30H,8-10,12-17H2,1-7H3/t18-,20-,23+,24+,27-,28-/m1/s1. The van der Waals surface area contributed by atoms with Gasteiger partial charge in [-0.25, -0.2) is 0 Å². The molecule has 0 aromatic rings. The number of amides is 1. The van der Waals surface area contributed by atoms with E-state index in [0.717, 1.165) is 19.3 Å². The molecule has 0 aromatic heterocycles. The minimum Gasteiger partial charge on any atom is -0.393 e. The van der Waals surface area contributed by atoms with Crippen LogP contribution in [-0.2, 0) is 4.79 Å². The Morgan fingerprint density at radius 1 is 1.13 bits per heavy atom. The Labute approximate surface area is 190 Å². The second kappa shape index (κ2) is 7.75. The fourth-order valence-electron chi connectivity index (χ4n) is 8.35. The van der Waals surface area contributed by atoms with Gasteiger partial charge < -0.3 is 10.0 Å². The number of hydrogen-bond donors (Lipinski definition) is 1. The lowest BCUT2D eigenvalue weighted by molar-refractivity contribution is -0.129. The van der Waals surface area contributed by atoms with Gasteiger partial charge in [0.1, 0.15) is 0 Å². The molecule has 0 unspecified atom stereocenters. The average molecular weight is 428 g/mol. The van der Waals surface area contributed by atoms with E-state index in [9.17, 15) is 9.90 Å². The van der Waals surface area contributed by atoms with Crippen molar-refractivity contribution in [1.29, 1.82) is 0 Å². The number of hydrogen-bond acceptors (Lipinski definition) is 2. The van der Waals surface area contributed by atoms with Gasteiger partial charge in [0.15, 0.2) is 0 Å². The van der Waals surface area contributed by atoms with Crippen molar-refractivity contribution in [2.24, 2.45) is 34.0 Å². The van der Waals surface area contributed by atoms with Gasteiger partial charge in [-0.2, -0.15) is 0 Å². The number of rotatable bonds is 4. The maximum atomic E-state index is 12.1. The zero-order valence-electron chi connectivity index (χ0n) is 21.1. The summed E-state index contributed by atoms with van der Waals surface area (Å²) in [5.74, 6) is 2.06. The zero-order chi connectivity index (χ0) is 22.8. The average Bonchev–Trinajstić information content (AvgIpc) is 3.06. The van der Waals surface area contributed by atoms with E-state index in [1.807, 2.05) is 14.1 Å². The van der Waals surface area contributed by atoms with Crippen LogP contribution in [-0.4, -0.2) is 36.1 Å². The minimum atomic E-state index is -0.164. The predicted molar refractivity (Wildman–Crippen MR) is 128 cm³/mol. The highest BCUT2D eigenvalue weighted by molar-refractivity contribution is 5.75. The van der Waals surface area contributed by atoms with Crippen LogP contribution in [0.15, 0.2) is 22.8 Å². The first-order valence-electron chi connectivity index (χ1n) is 12.7. The Kier molecular flexibility index (Phi) is 5.77. The normalized spacial score (nSPS) is 39.9. The molecular weight excluding hydrogens is 382 g/mol. The molecule has 0 heterocycles. The first kappa shape index (κ1) is 23.1. The van der Waals surface area contributed by atoms with Gasteiger partial charge in [0.2, 0.25) is 5.91 Å². The van der Waals surface area contributed by atoms with E-state index in [-0.39, 0.29) is 28.3 Å². The quantitative estimate of drug-likeness (QED) is 0.586. The van der Waals surface area contributed by atoms with Crippen LogP contribution in [0.2, 0.25) is 0 Å². The second-order valence-corrected chi connectivity index (χ2v) is 12.5. The van der Waals surface area contributed by atoms with Gasteiger partial charge in [0.25, 0.3) is 0 Å². The van der Waals surface area contributed by atoms with Gasteiger partial charge in [-0.15, -0.1) is 0 Å². The van der Waals surface area contributed by atoms with E-state index >= 15 is 0 Å². The first-order valence-corrected chi connectivity index (χ1v) is 12.7. The molecule has 0 saturated heterocycles. The number of fused-ring (bicyclic) bond motifs is 4. The predicted octanol–water partition coefficient (Wildman–Crippen LogP) is 6.13.